The second-order valence-corrected chi connectivity index (χ2v) is 4.35. The molecule has 0 aliphatic heterocycles. The first-order chi connectivity index (χ1) is 8.66. The quantitative estimate of drug-likeness (QED) is 0.907. The number of nitrogens with one attached hydrogen (secondary N) is 1. The molecule has 0 radical (unpaired) electrons. The molecule has 0 spiro atoms. The lowest BCUT2D eigenvalue weighted by Gasteiger charge is -2.06. The SMILES string of the molecule is O=C(O)CNc1ccnc(-c2ccccc2Br)n1. The molecule has 18 heavy (non-hydrogen) atoms. The van der Waals surface area contributed by atoms with E-state index in [1.165, 1.54) is 0 Å². The highest BCUT2D eigenvalue weighted by Crippen LogP contribution is 2.25. The first kappa shape index (κ1) is 12.5. The fraction of sp³-hybridized carbons (Fsp3) is 0.0833. The second-order valence-electron chi connectivity index (χ2n) is 3.49. The van der Waals surface area contributed by atoms with Gasteiger partial charge in [0.15, 0.2) is 5.82 Å². The third-order valence-corrected chi connectivity index (χ3v) is 2.88. The van der Waals surface area contributed by atoms with Gasteiger partial charge in [-0.3, -0.25) is 4.79 Å². The van der Waals surface area contributed by atoms with Crippen LogP contribution < -0.4 is 5.32 Å². The molecule has 5 nitrogen and oxygen atoms in total. The number of aliphatic carboxylic acids is 1. The Morgan fingerprint density at radius 2 is 2.11 bits per heavy atom. The van der Waals surface area contributed by atoms with Crippen LogP contribution in [0.15, 0.2) is 41.0 Å². The number of hydrogen-bond donors (Lipinski definition) is 2. The molecule has 0 aliphatic carbocycles. The summed E-state index contributed by atoms with van der Waals surface area (Å²) in [4.78, 5) is 18.9. The maximum Gasteiger partial charge on any atom is 0.322 e. The van der Waals surface area contributed by atoms with Gasteiger partial charge in [-0.25, -0.2) is 9.97 Å². The fourth-order valence-electron chi connectivity index (χ4n) is 1.40. The van der Waals surface area contributed by atoms with E-state index in [2.05, 4.69) is 31.2 Å². The van der Waals surface area contributed by atoms with Crippen molar-refractivity contribution >= 4 is 27.7 Å². The highest BCUT2D eigenvalue weighted by Gasteiger charge is 2.06. The van der Waals surface area contributed by atoms with Gasteiger partial charge in [0, 0.05) is 16.2 Å². The Morgan fingerprint density at radius 1 is 1.33 bits per heavy atom. The molecule has 2 aromatic rings. The summed E-state index contributed by atoms with van der Waals surface area (Å²) in [6.45, 7) is -0.174. The number of anilines is 1. The van der Waals surface area contributed by atoms with E-state index in [-0.39, 0.29) is 6.54 Å². The molecule has 0 aliphatic rings. The summed E-state index contributed by atoms with van der Waals surface area (Å²) >= 11 is 3.43. The Bertz CT molecular complexity index is 575. The van der Waals surface area contributed by atoms with Crippen LogP contribution >= 0.6 is 15.9 Å². The third kappa shape index (κ3) is 3.04. The van der Waals surface area contributed by atoms with E-state index in [9.17, 15) is 4.79 Å². The van der Waals surface area contributed by atoms with Gasteiger partial charge in [0.25, 0.3) is 0 Å². The zero-order chi connectivity index (χ0) is 13.0. The summed E-state index contributed by atoms with van der Waals surface area (Å²) < 4.78 is 0.889. The molecule has 2 N–H and O–H groups in total. The highest BCUT2D eigenvalue weighted by molar-refractivity contribution is 9.10. The van der Waals surface area contributed by atoms with Gasteiger partial charge in [0.2, 0.25) is 0 Å². The summed E-state index contributed by atoms with van der Waals surface area (Å²) in [6, 6.07) is 9.21. The van der Waals surface area contributed by atoms with Gasteiger partial charge < -0.3 is 10.4 Å². The molecule has 0 fully saturated rings. The fourth-order valence-corrected chi connectivity index (χ4v) is 1.86. The number of benzene rings is 1. The van der Waals surface area contributed by atoms with Crippen LogP contribution in [0.4, 0.5) is 5.82 Å². The van der Waals surface area contributed by atoms with Gasteiger partial charge in [-0.1, -0.05) is 34.1 Å². The lowest BCUT2D eigenvalue weighted by molar-refractivity contribution is -0.134. The van der Waals surface area contributed by atoms with Crippen LogP contribution in [0.3, 0.4) is 0 Å². The van der Waals surface area contributed by atoms with Gasteiger partial charge in [0.1, 0.15) is 12.4 Å². The van der Waals surface area contributed by atoms with Crippen molar-refractivity contribution in [3.63, 3.8) is 0 Å². The molecule has 1 aromatic heterocycles. The number of carboxylic acids is 1. The standard InChI is InChI=1S/C12H10BrN3O2/c13-9-4-2-1-3-8(9)12-14-6-5-10(16-12)15-7-11(17)18/h1-6H,7H2,(H,17,18)(H,14,15,16). The lowest BCUT2D eigenvalue weighted by Crippen LogP contribution is -2.13. The number of nitrogens with zero attached hydrogens (tertiary/aromatic N) is 2. The largest absolute Gasteiger partial charge is 0.480 e. The van der Waals surface area contributed by atoms with E-state index in [4.69, 9.17) is 5.11 Å². The number of carboxylic acid groups (broad SMARTS) is 1. The first-order valence-corrected chi connectivity index (χ1v) is 6.00. The minimum atomic E-state index is -0.934. The van der Waals surface area contributed by atoms with E-state index in [1.807, 2.05) is 24.3 Å². The summed E-state index contributed by atoms with van der Waals surface area (Å²) in [7, 11) is 0. The average molecular weight is 308 g/mol. The van der Waals surface area contributed by atoms with Crippen molar-refractivity contribution in [2.45, 2.75) is 0 Å². The molecule has 1 heterocycles. The molecule has 1 aromatic carbocycles. The predicted octanol–water partition coefficient (Wildman–Crippen LogP) is 2.40. The van der Waals surface area contributed by atoms with Crippen molar-refractivity contribution < 1.29 is 9.90 Å². The molecular formula is C12H10BrN3O2. The van der Waals surface area contributed by atoms with Gasteiger partial charge in [-0.05, 0) is 12.1 Å². The minimum Gasteiger partial charge on any atom is -0.480 e. The molecule has 0 atom stereocenters. The van der Waals surface area contributed by atoms with E-state index in [0.29, 0.717) is 11.6 Å². The van der Waals surface area contributed by atoms with Gasteiger partial charge in [0.05, 0.1) is 0 Å². The molecule has 0 saturated carbocycles. The second kappa shape index (κ2) is 5.59. The lowest BCUT2D eigenvalue weighted by atomic mass is 10.2. The molecule has 2 rings (SSSR count). The molecular weight excluding hydrogens is 298 g/mol. The number of hydrogen-bond acceptors (Lipinski definition) is 4. The zero-order valence-electron chi connectivity index (χ0n) is 9.30. The van der Waals surface area contributed by atoms with Gasteiger partial charge >= 0.3 is 5.97 Å². The van der Waals surface area contributed by atoms with E-state index < -0.39 is 5.97 Å². The summed E-state index contributed by atoms with van der Waals surface area (Å²) in [5, 5.41) is 11.3. The van der Waals surface area contributed by atoms with Crippen LogP contribution in [0.5, 0.6) is 0 Å². The van der Waals surface area contributed by atoms with E-state index in [1.54, 1.807) is 12.3 Å². The zero-order valence-corrected chi connectivity index (χ0v) is 10.9. The van der Waals surface area contributed by atoms with Crippen LogP contribution in [-0.4, -0.2) is 27.6 Å². The number of carbonyl (C=O) groups is 1. The Labute approximate surface area is 112 Å². The highest BCUT2D eigenvalue weighted by atomic mass is 79.9. The van der Waals surface area contributed by atoms with Crippen molar-refractivity contribution in [1.82, 2.24) is 9.97 Å². The van der Waals surface area contributed by atoms with Crippen molar-refractivity contribution in [1.29, 1.82) is 0 Å². The number of rotatable bonds is 4. The molecule has 0 unspecified atom stereocenters. The molecule has 92 valence electrons. The van der Waals surface area contributed by atoms with Crippen LogP contribution in [0.2, 0.25) is 0 Å². The van der Waals surface area contributed by atoms with Crippen molar-refractivity contribution in [3.05, 3.63) is 41.0 Å². The summed E-state index contributed by atoms with van der Waals surface area (Å²) in [5.74, 6) is 0.0899. The topological polar surface area (TPSA) is 75.1 Å². The van der Waals surface area contributed by atoms with Gasteiger partial charge in [-0.15, -0.1) is 0 Å². The third-order valence-electron chi connectivity index (χ3n) is 2.19. The van der Waals surface area contributed by atoms with Crippen LogP contribution in [0, 0.1) is 0 Å². The van der Waals surface area contributed by atoms with Crippen molar-refractivity contribution in [2.24, 2.45) is 0 Å². The predicted molar refractivity (Wildman–Crippen MR) is 71.3 cm³/mol. The van der Waals surface area contributed by atoms with E-state index >= 15 is 0 Å². The maximum absolute atomic E-state index is 10.5. The number of halogens is 1. The molecule has 6 heteroatoms. The smallest absolute Gasteiger partial charge is 0.322 e. The van der Waals surface area contributed by atoms with E-state index in [0.717, 1.165) is 10.0 Å². The van der Waals surface area contributed by atoms with Crippen LogP contribution in [-0.2, 0) is 4.79 Å². The maximum atomic E-state index is 10.5. The van der Waals surface area contributed by atoms with Crippen molar-refractivity contribution in [3.8, 4) is 11.4 Å². The molecule has 0 saturated heterocycles. The van der Waals surface area contributed by atoms with Crippen LogP contribution in [0.25, 0.3) is 11.4 Å². The Kier molecular flexibility index (Phi) is 3.88. The number of aromatic nitrogens is 2. The minimum absolute atomic E-state index is 0.174. The Hall–Kier alpha value is -1.95. The molecule has 0 bridgehead atoms. The van der Waals surface area contributed by atoms with Gasteiger partial charge in [-0.2, -0.15) is 0 Å². The Balaban J connectivity index is 2.27. The summed E-state index contributed by atoms with van der Waals surface area (Å²) in [5.41, 5.74) is 0.858. The molecule has 0 amide bonds. The first-order valence-electron chi connectivity index (χ1n) is 5.20. The monoisotopic (exact) mass is 307 g/mol. The average Bonchev–Trinajstić information content (AvgIpc) is 2.37. The Morgan fingerprint density at radius 3 is 2.83 bits per heavy atom. The normalized spacial score (nSPS) is 10.1. The van der Waals surface area contributed by atoms with Crippen LogP contribution in [0.1, 0.15) is 0 Å². The van der Waals surface area contributed by atoms with Crippen molar-refractivity contribution in [2.75, 3.05) is 11.9 Å². The summed E-state index contributed by atoms with van der Waals surface area (Å²) in [6.07, 6.45) is 1.59.